The number of aromatic nitrogens is 2. The van der Waals surface area contributed by atoms with Gasteiger partial charge in [-0.3, -0.25) is 10.1 Å². The van der Waals surface area contributed by atoms with Crippen LogP contribution < -0.4 is 11.1 Å². The molecule has 0 aliphatic rings. The second-order valence-corrected chi connectivity index (χ2v) is 3.02. The van der Waals surface area contributed by atoms with Gasteiger partial charge in [-0.05, 0) is 19.4 Å². The van der Waals surface area contributed by atoms with Crippen LogP contribution in [0.2, 0.25) is 0 Å². The van der Waals surface area contributed by atoms with Crippen molar-refractivity contribution in [2.24, 2.45) is 5.73 Å². The molecule has 80 valence electrons. The molecule has 6 heteroatoms. The number of hydrogen-bond donors (Lipinski definition) is 2. The Bertz CT molecular complexity index is 403. The Kier molecular flexibility index (Phi) is 3.33. The first kappa shape index (κ1) is 11.1. The Balaban J connectivity index is 3.05. The summed E-state index contributed by atoms with van der Waals surface area (Å²) in [6.07, 6.45) is 0.564. The molecular formula is C9H12N4O2. The Morgan fingerprint density at radius 1 is 1.47 bits per heavy atom. The van der Waals surface area contributed by atoms with Crippen LogP contribution in [-0.4, -0.2) is 22.1 Å². The monoisotopic (exact) mass is 208 g/mol. The van der Waals surface area contributed by atoms with Gasteiger partial charge >= 0.3 is 6.03 Å². The molecule has 0 unspecified atom stereocenters. The molecule has 0 saturated heterocycles. The van der Waals surface area contributed by atoms with Crippen molar-refractivity contribution in [2.75, 3.05) is 0 Å². The van der Waals surface area contributed by atoms with E-state index >= 15 is 0 Å². The van der Waals surface area contributed by atoms with E-state index in [1.807, 2.05) is 12.2 Å². The van der Waals surface area contributed by atoms with Crippen molar-refractivity contribution in [3.63, 3.8) is 0 Å². The summed E-state index contributed by atoms with van der Waals surface area (Å²) < 4.78 is 0. The molecule has 0 spiro atoms. The molecule has 0 atom stereocenters. The second-order valence-electron chi connectivity index (χ2n) is 3.02. The Morgan fingerprint density at radius 2 is 2.13 bits per heavy atom. The quantitative estimate of drug-likeness (QED) is 0.723. The topological polar surface area (TPSA) is 98.0 Å². The average Bonchev–Trinajstić information content (AvgIpc) is 2.16. The first-order valence-electron chi connectivity index (χ1n) is 4.48. The molecule has 0 aliphatic carbocycles. The number of nitrogens with one attached hydrogen (secondary N) is 1. The highest BCUT2D eigenvalue weighted by Gasteiger charge is 2.13. The van der Waals surface area contributed by atoms with E-state index in [0.29, 0.717) is 23.4 Å². The highest BCUT2D eigenvalue weighted by molar-refractivity contribution is 6.04. The van der Waals surface area contributed by atoms with Crippen molar-refractivity contribution >= 4 is 11.9 Å². The van der Waals surface area contributed by atoms with Gasteiger partial charge in [0, 0.05) is 0 Å². The Morgan fingerprint density at radius 3 is 2.67 bits per heavy atom. The number of imide groups is 1. The lowest BCUT2D eigenvalue weighted by molar-refractivity contribution is 0.0964. The van der Waals surface area contributed by atoms with Crippen LogP contribution in [0.5, 0.6) is 0 Å². The van der Waals surface area contributed by atoms with Crippen LogP contribution in [0.15, 0.2) is 6.07 Å². The molecule has 3 amide bonds. The zero-order chi connectivity index (χ0) is 11.4. The Labute approximate surface area is 86.9 Å². The lowest BCUT2D eigenvalue weighted by Crippen LogP contribution is -2.35. The molecule has 6 nitrogen and oxygen atoms in total. The molecule has 0 aliphatic heterocycles. The molecule has 1 heterocycles. The molecule has 0 fully saturated rings. The minimum atomic E-state index is -0.878. The smallest absolute Gasteiger partial charge is 0.319 e. The van der Waals surface area contributed by atoms with Gasteiger partial charge in [0.2, 0.25) is 0 Å². The normalized spacial score (nSPS) is 9.73. The number of urea groups is 1. The van der Waals surface area contributed by atoms with Gasteiger partial charge in [-0.25, -0.2) is 4.79 Å². The molecule has 1 aromatic rings. The van der Waals surface area contributed by atoms with Crippen LogP contribution >= 0.6 is 0 Å². The number of rotatable bonds is 2. The highest BCUT2D eigenvalue weighted by Crippen LogP contribution is 2.06. The van der Waals surface area contributed by atoms with Gasteiger partial charge in [-0.1, -0.05) is 6.92 Å². The maximum atomic E-state index is 11.5. The van der Waals surface area contributed by atoms with E-state index < -0.39 is 11.9 Å². The number of amides is 3. The SMILES string of the molecule is CCc1nnc(C)cc1C(=O)NC(N)=O. The van der Waals surface area contributed by atoms with E-state index in [1.165, 1.54) is 0 Å². The second kappa shape index (κ2) is 4.50. The third-order valence-corrected chi connectivity index (χ3v) is 1.81. The summed E-state index contributed by atoms with van der Waals surface area (Å²) in [6, 6.07) is 0.695. The lowest BCUT2D eigenvalue weighted by Gasteiger charge is -2.05. The number of primary amides is 1. The van der Waals surface area contributed by atoms with Gasteiger partial charge in [0.05, 0.1) is 17.0 Å². The van der Waals surface area contributed by atoms with E-state index in [1.54, 1.807) is 13.0 Å². The van der Waals surface area contributed by atoms with E-state index in [-0.39, 0.29) is 0 Å². The summed E-state index contributed by atoms with van der Waals surface area (Å²) in [6.45, 7) is 3.56. The van der Waals surface area contributed by atoms with Gasteiger partial charge in [0.1, 0.15) is 0 Å². The van der Waals surface area contributed by atoms with Crippen LogP contribution in [0.1, 0.15) is 28.7 Å². The van der Waals surface area contributed by atoms with Gasteiger partial charge in [0.25, 0.3) is 5.91 Å². The number of nitrogens with zero attached hydrogens (tertiary/aromatic N) is 2. The average molecular weight is 208 g/mol. The number of hydrogen-bond acceptors (Lipinski definition) is 4. The van der Waals surface area contributed by atoms with Gasteiger partial charge in [-0.15, -0.1) is 0 Å². The molecule has 0 aromatic carbocycles. The molecule has 0 radical (unpaired) electrons. The fourth-order valence-electron chi connectivity index (χ4n) is 1.15. The minimum absolute atomic E-state index is 0.337. The van der Waals surface area contributed by atoms with E-state index in [2.05, 4.69) is 10.2 Å². The molecular weight excluding hydrogens is 196 g/mol. The molecule has 1 aromatic heterocycles. The van der Waals surface area contributed by atoms with Gasteiger partial charge in [-0.2, -0.15) is 10.2 Å². The van der Waals surface area contributed by atoms with Crippen LogP contribution in [0.3, 0.4) is 0 Å². The predicted octanol–water partition coefficient (Wildman–Crippen LogP) is 0.156. The van der Waals surface area contributed by atoms with Crippen LogP contribution in [-0.2, 0) is 6.42 Å². The van der Waals surface area contributed by atoms with Crippen molar-refractivity contribution in [3.8, 4) is 0 Å². The van der Waals surface area contributed by atoms with Crippen LogP contribution in [0.4, 0.5) is 4.79 Å². The maximum Gasteiger partial charge on any atom is 0.319 e. The van der Waals surface area contributed by atoms with E-state index in [4.69, 9.17) is 5.73 Å². The summed E-state index contributed by atoms with van der Waals surface area (Å²) in [7, 11) is 0. The summed E-state index contributed by atoms with van der Waals surface area (Å²) in [5, 5.41) is 9.68. The van der Waals surface area contributed by atoms with Crippen LogP contribution in [0, 0.1) is 6.92 Å². The summed E-state index contributed by atoms with van der Waals surface area (Å²) in [5.41, 5.74) is 6.34. The van der Waals surface area contributed by atoms with Gasteiger partial charge in [0.15, 0.2) is 0 Å². The number of aryl methyl sites for hydroxylation is 2. The number of nitrogens with two attached hydrogens (primary N) is 1. The lowest BCUT2D eigenvalue weighted by atomic mass is 10.1. The summed E-state index contributed by atoms with van der Waals surface area (Å²) in [5.74, 6) is -0.544. The fourth-order valence-corrected chi connectivity index (χ4v) is 1.15. The van der Waals surface area contributed by atoms with Crippen molar-refractivity contribution in [3.05, 3.63) is 23.0 Å². The van der Waals surface area contributed by atoms with E-state index in [0.717, 1.165) is 0 Å². The zero-order valence-corrected chi connectivity index (χ0v) is 8.57. The first-order chi connectivity index (χ1) is 7.04. The fraction of sp³-hybridized carbons (Fsp3) is 0.333. The van der Waals surface area contributed by atoms with Crippen molar-refractivity contribution in [2.45, 2.75) is 20.3 Å². The predicted molar refractivity (Wildman–Crippen MR) is 53.2 cm³/mol. The van der Waals surface area contributed by atoms with Crippen LogP contribution in [0.25, 0.3) is 0 Å². The zero-order valence-electron chi connectivity index (χ0n) is 8.57. The highest BCUT2D eigenvalue weighted by atomic mass is 16.2. The molecule has 3 N–H and O–H groups in total. The minimum Gasteiger partial charge on any atom is -0.351 e. The number of carbonyl (C=O) groups is 2. The molecule has 15 heavy (non-hydrogen) atoms. The maximum absolute atomic E-state index is 11.5. The van der Waals surface area contributed by atoms with Gasteiger partial charge < -0.3 is 5.73 Å². The Hall–Kier alpha value is -1.98. The summed E-state index contributed by atoms with van der Waals surface area (Å²) in [4.78, 5) is 22.0. The number of carbonyl (C=O) groups excluding carboxylic acids is 2. The summed E-state index contributed by atoms with van der Waals surface area (Å²) >= 11 is 0. The third-order valence-electron chi connectivity index (χ3n) is 1.81. The van der Waals surface area contributed by atoms with Crippen molar-refractivity contribution in [1.29, 1.82) is 0 Å². The largest absolute Gasteiger partial charge is 0.351 e. The van der Waals surface area contributed by atoms with Crippen molar-refractivity contribution < 1.29 is 9.59 Å². The third kappa shape index (κ3) is 2.73. The first-order valence-corrected chi connectivity index (χ1v) is 4.48. The molecule has 0 bridgehead atoms. The standard InChI is InChI=1S/C9H12N4O2/c1-3-7-6(4-5(2)12-13-7)8(14)11-9(10)15/h4H,3H2,1-2H3,(H3,10,11,14,15). The molecule has 1 rings (SSSR count). The van der Waals surface area contributed by atoms with E-state index in [9.17, 15) is 9.59 Å². The van der Waals surface area contributed by atoms with Crippen molar-refractivity contribution in [1.82, 2.24) is 15.5 Å². The molecule has 0 saturated carbocycles.